The van der Waals surface area contributed by atoms with Crippen LogP contribution in [0.3, 0.4) is 0 Å². The first-order chi connectivity index (χ1) is 49.6. The molecule has 1 amide bonds. The van der Waals surface area contributed by atoms with Crippen LogP contribution in [0.1, 0.15) is 444 Å². The maximum atomic E-state index is 13.4. The van der Waals surface area contributed by atoms with Crippen molar-refractivity contribution in [2.24, 2.45) is 0 Å². The van der Waals surface area contributed by atoms with Crippen molar-refractivity contribution in [1.29, 1.82) is 0 Å². The first kappa shape index (κ1) is 95.8. The molecule has 2 aliphatic rings. The van der Waals surface area contributed by atoms with E-state index in [4.69, 9.17) is 18.9 Å². The quantitative estimate of drug-likeness (QED) is 0.0204. The summed E-state index contributed by atoms with van der Waals surface area (Å²) in [5, 5.41) is 87.9. The number of amides is 1. The van der Waals surface area contributed by atoms with Crippen LogP contribution in [0.2, 0.25) is 0 Å². The van der Waals surface area contributed by atoms with Gasteiger partial charge in [0.15, 0.2) is 12.6 Å². The minimum absolute atomic E-state index is 0.227. The number of hydrogen-bond acceptors (Lipinski definition) is 13. The number of nitrogens with one attached hydrogen (secondary N) is 1. The highest BCUT2D eigenvalue weighted by molar-refractivity contribution is 5.76. The number of carbonyl (C=O) groups is 1. The van der Waals surface area contributed by atoms with E-state index in [1.165, 1.54) is 379 Å². The van der Waals surface area contributed by atoms with E-state index < -0.39 is 86.8 Å². The fourth-order valence-electron chi connectivity index (χ4n) is 15.2. The summed E-state index contributed by atoms with van der Waals surface area (Å²) in [7, 11) is 0. The van der Waals surface area contributed by atoms with Gasteiger partial charge >= 0.3 is 0 Å². The van der Waals surface area contributed by atoms with Gasteiger partial charge in [0.1, 0.15) is 48.8 Å². The van der Waals surface area contributed by atoms with Crippen LogP contribution in [0, 0.1) is 0 Å². The monoisotopic (exact) mass is 1440 g/mol. The fourth-order valence-corrected chi connectivity index (χ4v) is 15.2. The molecular formula is C87H169NO13. The van der Waals surface area contributed by atoms with Gasteiger partial charge in [0.25, 0.3) is 0 Å². The lowest BCUT2D eigenvalue weighted by Gasteiger charge is -2.46. The molecule has 14 nitrogen and oxygen atoms in total. The molecule has 0 aromatic rings. The van der Waals surface area contributed by atoms with Crippen LogP contribution in [0.15, 0.2) is 12.2 Å². The van der Waals surface area contributed by atoms with Crippen molar-refractivity contribution in [2.45, 2.75) is 518 Å². The van der Waals surface area contributed by atoms with Gasteiger partial charge in [-0.25, -0.2) is 0 Å². The van der Waals surface area contributed by atoms with Crippen molar-refractivity contribution in [3.05, 3.63) is 12.2 Å². The molecule has 0 bridgehead atoms. The van der Waals surface area contributed by atoms with Crippen molar-refractivity contribution in [3.8, 4) is 0 Å². The third-order valence-corrected chi connectivity index (χ3v) is 22.2. The lowest BCUT2D eigenvalue weighted by Crippen LogP contribution is -2.65. The van der Waals surface area contributed by atoms with Gasteiger partial charge in [-0.2, -0.15) is 0 Å². The van der Waals surface area contributed by atoms with E-state index in [0.29, 0.717) is 0 Å². The van der Waals surface area contributed by atoms with Gasteiger partial charge in [-0.1, -0.05) is 431 Å². The summed E-state index contributed by atoms with van der Waals surface area (Å²) in [5.41, 5.74) is 0. The number of allylic oxidation sites excluding steroid dienone is 1. The Labute approximate surface area is 622 Å². The predicted molar refractivity (Wildman–Crippen MR) is 420 cm³/mol. The highest BCUT2D eigenvalue weighted by atomic mass is 16.7. The number of rotatable bonds is 77. The molecule has 2 aliphatic heterocycles. The highest BCUT2D eigenvalue weighted by Crippen LogP contribution is 2.31. The minimum atomic E-state index is -1.79. The molecular weight excluding hydrogens is 1270 g/mol. The van der Waals surface area contributed by atoms with Crippen molar-refractivity contribution in [3.63, 3.8) is 0 Å². The summed E-state index contributed by atoms with van der Waals surface area (Å²) in [6.07, 6.45) is 76.2. The smallest absolute Gasteiger partial charge is 0.220 e. The lowest BCUT2D eigenvalue weighted by molar-refractivity contribution is -0.359. The minimum Gasteiger partial charge on any atom is -0.394 e. The Hall–Kier alpha value is -1.27. The van der Waals surface area contributed by atoms with Crippen molar-refractivity contribution >= 4 is 5.91 Å². The second kappa shape index (κ2) is 71.6. The fraction of sp³-hybridized carbons (Fsp3) is 0.966. The first-order valence-corrected chi connectivity index (χ1v) is 44.4. The van der Waals surface area contributed by atoms with E-state index in [9.17, 15) is 45.6 Å². The van der Waals surface area contributed by atoms with Gasteiger partial charge in [0.2, 0.25) is 5.91 Å². The Morgan fingerprint density at radius 1 is 0.347 bits per heavy atom. The van der Waals surface area contributed by atoms with Crippen LogP contribution >= 0.6 is 0 Å². The summed E-state index contributed by atoms with van der Waals surface area (Å²) in [5.74, 6) is -0.227. The predicted octanol–water partition coefficient (Wildman–Crippen LogP) is 21.2. The lowest BCUT2D eigenvalue weighted by atomic mass is 9.97. The van der Waals surface area contributed by atoms with Gasteiger partial charge in [0.05, 0.1) is 32.0 Å². The number of ether oxygens (including phenoxy) is 4. The standard InChI is InChI=1S/C87H169NO13/c1-3-5-7-9-11-13-15-17-19-21-23-25-27-29-31-33-35-37-39-41-43-45-47-49-51-53-55-57-59-61-63-65-67-69-71-79(92)88-75(74-98-86-84(97)82(95)85(78(73-90)100-86)101-87-83(96)81(94)80(93)77(72-89)99-87)76(91)70-68-66-64-62-60-58-56-54-52-50-48-46-44-42-40-38-36-34-32-30-28-26-24-22-20-18-16-14-12-10-8-6-4-2/h68,70,75-78,80-87,89-91,93-97H,3-67,69,71-74H2,1-2H3,(H,88,92)/b70-68+. The van der Waals surface area contributed by atoms with Crippen LogP contribution in [0.4, 0.5) is 0 Å². The molecule has 2 heterocycles. The van der Waals surface area contributed by atoms with Gasteiger partial charge in [0, 0.05) is 6.42 Å². The van der Waals surface area contributed by atoms with Gasteiger partial charge < -0.3 is 65.1 Å². The number of hydrogen-bond donors (Lipinski definition) is 9. The van der Waals surface area contributed by atoms with E-state index in [-0.39, 0.29) is 18.9 Å². The Morgan fingerprint density at radius 2 is 0.614 bits per heavy atom. The Bertz CT molecular complexity index is 1740. The highest BCUT2D eigenvalue weighted by Gasteiger charge is 2.51. The topological polar surface area (TPSA) is 228 Å². The average Bonchev–Trinajstić information content (AvgIpc) is 0.792. The molecule has 0 aromatic heterocycles. The number of aliphatic hydroxyl groups is 8. The average molecular weight is 1440 g/mol. The summed E-state index contributed by atoms with van der Waals surface area (Å²) in [6, 6.07) is -0.913. The van der Waals surface area contributed by atoms with E-state index in [1.807, 2.05) is 6.08 Å². The van der Waals surface area contributed by atoms with Crippen LogP contribution in [-0.2, 0) is 23.7 Å². The SMILES string of the molecule is CCCCCCCCCCCCCCCCCCCCCCCCCCCCCCCCC/C=C/C(O)C(COC1OC(CO)C(OC2OC(CO)C(O)C(O)C2O)C(O)C1O)NC(=O)CCCCCCCCCCCCCCCCCCCCCCCCCCCCCCCCCCCC. The largest absolute Gasteiger partial charge is 0.394 e. The molecule has 12 atom stereocenters. The maximum absolute atomic E-state index is 13.4. The van der Waals surface area contributed by atoms with Crippen LogP contribution < -0.4 is 5.32 Å². The van der Waals surface area contributed by atoms with Crippen molar-refractivity contribution in [1.82, 2.24) is 5.32 Å². The first-order valence-electron chi connectivity index (χ1n) is 44.4. The second-order valence-electron chi connectivity index (χ2n) is 31.7. The zero-order valence-electron chi connectivity index (χ0n) is 66.2. The summed E-state index contributed by atoms with van der Waals surface area (Å²) in [4.78, 5) is 13.4. The number of carbonyl (C=O) groups excluding carboxylic acids is 1. The van der Waals surface area contributed by atoms with E-state index >= 15 is 0 Å². The Morgan fingerprint density at radius 3 is 0.911 bits per heavy atom. The molecule has 101 heavy (non-hydrogen) atoms. The molecule has 0 spiro atoms. The molecule has 12 unspecified atom stereocenters. The van der Waals surface area contributed by atoms with Crippen LogP contribution in [0.5, 0.6) is 0 Å². The van der Waals surface area contributed by atoms with Crippen LogP contribution in [0.25, 0.3) is 0 Å². The second-order valence-corrected chi connectivity index (χ2v) is 31.7. The molecule has 9 N–H and O–H groups in total. The maximum Gasteiger partial charge on any atom is 0.220 e. The molecule has 2 saturated heterocycles. The van der Waals surface area contributed by atoms with E-state index in [2.05, 4.69) is 19.2 Å². The van der Waals surface area contributed by atoms with E-state index in [0.717, 1.165) is 44.9 Å². The summed E-state index contributed by atoms with van der Waals surface area (Å²) >= 11 is 0. The molecule has 0 aliphatic carbocycles. The van der Waals surface area contributed by atoms with Crippen molar-refractivity contribution in [2.75, 3.05) is 19.8 Å². The number of aliphatic hydroxyl groups excluding tert-OH is 8. The zero-order chi connectivity index (χ0) is 73.0. The molecule has 600 valence electrons. The van der Waals surface area contributed by atoms with Gasteiger partial charge in [-0.3, -0.25) is 4.79 Å². The third kappa shape index (κ3) is 54.1. The molecule has 0 aromatic carbocycles. The van der Waals surface area contributed by atoms with Crippen LogP contribution in [-0.4, -0.2) is 140 Å². The summed E-state index contributed by atoms with van der Waals surface area (Å²) in [6.45, 7) is 2.89. The third-order valence-electron chi connectivity index (χ3n) is 22.2. The molecule has 2 fully saturated rings. The Balaban J connectivity index is 1.57. The molecule has 0 radical (unpaired) electrons. The normalized spacial score (nSPS) is 21.7. The van der Waals surface area contributed by atoms with E-state index in [1.54, 1.807) is 6.08 Å². The Kier molecular flexibility index (Phi) is 68.0. The molecule has 2 rings (SSSR count). The molecule has 14 heteroatoms. The summed E-state index contributed by atoms with van der Waals surface area (Å²) < 4.78 is 23.0. The molecule has 0 saturated carbocycles. The van der Waals surface area contributed by atoms with Gasteiger partial charge in [-0.05, 0) is 19.3 Å². The number of unbranched alkanes of at least 4 members (excludes halogenated alkanes) is 64. The van der Waals surface area contributed by atoms with Gasteiger partial charge in [-0.15, -0.1) is 0 Å². The zero-order valence-corrected chi connectivity index (χ0v) is 66.2. The van der Waals surface area contributed by atoms with Crippen molar-refractivity contribution < 1.29 is 64.6 Å².